The number of carbonyl (C=O) groups is 1. The molecule has 0 aliphatic heterocycles. The maximum Gasteiger partial charge on any atom is 0.335 e. The Bertz CT molecular complexity index is 424. The summed E-state index contributed by atoms with van der Waals surface area (Å²) in [7, 11) is 2.06. The van der Waals surface area contributed by atoms with Gasteiger partial charge in [-0.3, -0.25) is 0 Å². The number of hydrogen-bond acceptors (Lipinski definition) is 3. The van der Waals surface area contributed by atoms with Gasteiger partial charge < -0.3 is 14.7 Å². The van der Waals surface area contributed by atoms with Crippen LogP contribution in [0.5, 0.6) is 5.75 Å². The zero-order valence-corrected chi connectivity index (χ0v) is 12.1. The Morgan fingerprint density at radius 1 is 1.37 bits per heavy atom. The topological polar surface area (TPSA) is 49.8 Å². The minimum absolute atomic E-state index is 0.251. The molecule has 0 saturated carbocycles. The number of hydrogen-bond donors (Lipinski definition) is 1. The lowest BCUT2D eigenvalue weighted by Gasteiger charge is -2.26. The van der Waals surface area contributed by atoms with Gasteiger partial charge in [0.15, 0.2) is 0 Å². The first-order valence-electron chi connectivity index (χ1n) is 6.43. The zero-order valence-electron chi connectivity index (χ0n) is 12.1. The van der Waals surface area contributed by atoms with Crippen molar-refractivity contribution in [1.29, 1.82) is 0 Å². The van der Waals surface area contributed by atoms with Crippen LogP contribution >= 0.6 is 0 Å². The Morgan fingerprint density at radius 2 is 2.05 bits per heavy atom. The summed E-state index contributed by atoms with van der Waals surface area (Å²) < 4.78 is 5.58. The van der Waals surface area contributed by atoms with Crippen molar-refractivity contribution in [2.24, 2.45) is 5.41 Å². The van der Waals surface area contributed by atoms with Gasteiger partial charge in [-0.25, -0.2) is 4.79 Å². The largest absolute Gasteiger partial charge is 0.492 e. The molecule has 19 heavy (non-hydrogen) atoms. The Morgan fingerprint density at radius 3 is 2.63 bits per heavy atom. The molecule has 0 aliphatic rings. The van der Waals surface area contributed by atoms with Gasteiger partial charge in [0.25, 0.3) is 0 Å². The Kier molecular flexibility index (Phi) is 5.36. The van der Waals surface area contributed by atoms with Crippen molar-refractivity contribution in [3.05, 3.63) is 29.8 Å². The van der Waals surface area contributed by atoms with Gasteiger partial charge in [-0.15, -0.1) is 0 Å². The van der Waals surface area contributed by atoms with E-state index in [1.165, 1.54) is 0 Å². The van der Waals surface area contributed by atoms with Crippen LogP contribution in [0, 0.1) is 5.41 Å². The fourth-order valence-electron chi connectivity index (χ4n) is 1.93. The second-order valence-electron chi connectivity index (χ2n) is 5.98. The lowest BCUT2D eigenvalue weighted by atomic mass is 9.96. The highest BCUT2D eigenvalue weighted by Gasteiger charge is 2.13. The van der Waals surface area contributed by atoms with Gasteiger partial charge in [0.05, 0.1) is 5.56 Å². The predicted octanol–water partition coefficient (Wildman–Crippen LogP) is 2.74. The van der Waals surface area contributed by atoms with E-state index >= 15 is 0 Å². The maximum absolute atomic E-state index is 10.8. The molecule has 0 radical (unpaired) electrons. The molecule has 0 amide bonds. The molecule has 0 saturated heterocycles. The third kappa shape index (κ3) is 6.25. The number of carboxylic acid groups (broad SMARTS) is 1. The fourth-order valence-corrected chi connectivity index (χ4v) is 1.93. The van der Waals surface area contributed by atoms with Gasteiger partial charge in [0, 0.05) is 13.1 Å². The van der Waals surface area contributed by atoms with E-state index in [0.29, 0.717) is 12.4 Å². The second-order valence-corrected chi connectivity index (χ2v) is 5.98. The van der Waals surface area contributed by atoms with E-state index in [-0.39, 0.29) is 11.0 Å². The lowest BCUT2D eigenvalue weighted by molar-refractivity contribution is 0.0696. The highest BCUT2D eigenvalue weighted by Crippen LogP contribution is 2.15. The number of benzene rings is 1. The molecular formula is C15H23NO3. The molecule has 0 unspecified atom stereocenters. The average Bonchev–Trinajstić information content (AvgIpc) is 2.27. The summed E-state index contributed by atoms with van der Waals surface area (Å²) in [5.41, 5.74) is 0.512. The van der Waals surface area contributed by atoms with E-state index in [2.05, 4.69) is 32.7 Å². The second kappa shape index (κ2) is 6.57. The molecule has 106 valence electrons. The lowest BCUT2D eigenvalue weighted by Crippen LogP contribution is -2.32. The molecule has 1 aromatic carbocycles. The summed E-state index contributed by atoms with van der Waals surface area (Å²) in [4.78, 5) is 13.0. The number of rotatable bonds is 6. The third-order valence-electron chi connectivity index (χ3n) is 2.57. The SMILES string of the molecule is CN(CCOc1cccc(C(=O)O)c1)CC(C)(C)C. The molecule has 1 aromatic rings. The fraction of sp³-hybridized carbons (Fsp3) is 0.533. The summed E-state index contributed by atoms with van der Waals surface area (Å²) in [6, 6.07) is 6.57. The smallest absolute Gasteiger partial charge is 0.335 e. The van der Waals surface area contributed by atoms with Crippen LogP contribution in [-0.2, 0) is 0 Å². The van der Waals surface area contributed by atoms with Gasteiger partial charge in [-0.2, -0.15) is 0 Å². The summed E-state index contributed by atoms with van der Waals surface area (Å²) in [5, 5.41) is 8.89. The number of nitrogens with zero attached hydrogens (tertiary/aromatic N) is 1. The van der Waals surface area contributed by atoms with Gasteiger partial charge in [-0.1, -0.05) is 26.8 Å². The van der Waals surface area contributed by atoms with Gasteiger partial charge in [0.2, 0.25) is 0 Å². The molecule has 0 fully saturated rings. The number of likely N-dealkylation sites (N-methyl/N-ethyl adjacent to an activating group) is 1. The monoisotopic (exact) mass is 265 g/mol. The van der Waals surface area contributed by atoms with E-state index < -0.39 is 5.97 Å². The molecule has 1 N–H and O–H groups in total. The van der Waals surface area contributed by atoms with Gasteiger partial charge in [-0.05, 0) is 30.7 Å². The van der Waals surface area contributed by atoms with Crippen LogP contribution in [0.25, 0.3) is 0 Å². The number of aromatic carboxylic acids is 1. The van der Waals surface area contributed by atoms with Crippen LogP contribution in [0.4, 0.5) is 0 Å². The molecule has 0 aromatic heterocycles. The average molecular weight is 265 g/mol. The predicted molar refractivity (Wildman–Crippen MR) is 75.8 cm³/mol. The Labute approximate surface area is 115 Å². The van der Waals surface area contributed by atoms with Crippen LogP contribution in [-0.4, -0.2) is 42.7 Å². The van der Waals surface area contributed by atoms with Crippen LogP contribution in [0.3, 0.4) is 0 Å². The molecule has 0 aliphatic carbocycles. The van der Waals surface area contributed by atoms with E-state index in [4.69, 9.17) is 9.84 Å². The quantitative estimate of drug-likeness (QED) is 0.859. The van der Waals surface area contributed by atoms with Crippen LogP contribution in [0.15, 0.2) is 24.3 Å². The number of carboxylic acids is 1. The summed E-state index contributed by atoms with van der Waals surface area (Å²) in [6.07, 6.45) is 0. The van der Waals surface area contributed by atoms with E-state index in [0.717, 1.165) is 13.1 Å². The molecule has 0 bridgehead atoms. The highest BCUT2D eigenvalue weighted by atomic mass is 16.5. The summed E-state index contributed by atoms with van der Waals surface area (Å²) >= 11 is 0. The van der Waals surface area contributed by atoms with Gasteiger partial charge in [0.1, 0.15) is 12.4 Å². The normalized spacial score (nSPS) is 11.6. The number of ether oxygens (including phenoxy) is 1. The van der Waals surface area contributed by atoms with Gasteiger partial charge >= 0.3 is 5.97 Å². The van der Waals surface area contributed by atoms with Crippen molar-refractivity contribution < 1.29 is 14.6 Å². The van der Waals surface area contributed by atoms with Crippen LogP contribution in [0.2, 0.25) is 0 Å². The van der Waals surface area contributed by atoms with Crippen molar-refractivity contribution in [1.82, 2.24) is 4.90 Å². The molecule has 4 nitrogen and oxygen atoms in total. The molecule has 0 heterocycles. The van der Waals surface area contributed by atoms with Crippen molar-refractivity contribution >= 4 is 5.97 Å². The summed E-state index contributed by atoms with van der Waals surface area (Å²) in [6.45, 7) is 8.94. The maximum atomic E-state index is 10.8. The molecule has 4 heteroatoms. The first-order chi connectivity index (χ1) is 8.78. The van der Waals surface area contributed by atoms with E-state index in [1.807, 2.05) is 0 Å². The molecular weight excluding hydrogens is 242 g/mol. The minimum atomic E-state index is -0.935. The molecule has 0 atom stereocenters. The van der Waals surface area contributed by atoms with Crippen molar-refractivity contribution in [3.63, 3.8) is 0 Å². The van der Waals surface area contributed by atoms with Crippen molar-refractivity contribution in [2.45, 2.75) is 20.8 Å². The van der Waals surface area contributed by atoms with Crippen LogP contribution in [0.1, 0.15) is 31.1 Å². The minimum Gasteiger partial charge on any atom is -0.492 e. The van der Waals surface area contributed by atoms with Crippen molar-refractivity contribution in [3.8, 4) is 5.75 Å². The standard InChI is InChI=1S/C15H23NO3/c1-15(2,3)11-16(4)8-9-19-13-7-5-6-12(10-13)14(17)18/h5-7,10H,8-9,11H2,1-4H3,(H,17,18). The Balaban J connectivity index is 2.41. The zero-order chi connectivity index (χ0) is 14.5. The van der Waals surface area contributed by atoms with E-state index in [9.17, 15) is 4.79 Å². The summed E-state index contributed by atoms with van der Waals surface area (Å²) in [5.74, 6) is -0.334. The first kappa shape index (κ1) is 15.5. The molecule has 0 spiro atoms. The third-order valence-corrected chi connectivity index (χ3v) is 2.57. The van der Waals surface area contributed by atoms with Crippen molar-refractivity contribution in [2.75, 3.05) is 26.7 Å². The Hall–Kier alpha value is -1.55. The molecule has 1 rings (SSSR count). The first-order valence-corrected chi connectivity index (χ1v) is 6.43. The highest BCUT2D eigenvalue weighted by molar-refractivity contribution is 5.87. The van der Waals surface area contributed by atoms with E-state index in [1.54, 1.807) is 24.3 Å². The van der Waals surface area contributed by atoms with Crippen LogP contribution < -0.4 is 4.74 Å².